The molecule has 1 aliphatic rings. The topological polar surface area (TPSA) is 9.23 Å². The van der Waals surface area contributed by atoms with Gasteiger partial charge in [0.25, 0.3) is 0 Å². The van der Waals surface area contributed by atoms with Crippen molar-refractivity contribution in [3.63, 3.8) is 0 Å². The van der Waals surface area contributed by atoms with E-state index < -0.39 is 0 Å². The van der Waals surface area contributed by atoms with Gasteiger partial charge in [-0.1, -0.05) is 34.2 Å². The van der Waals surface area contributed by atoms with E-state index in [1.807, 2.05) is 4.08 Å². The first-order valence-electron chi connectivity index (χ1n) is 3.37. The second-order valence-corrected chi connectivity index (χ2v) is 3.16. The molecule has 0 aromatic rings. The number of hydrogen-bond acceptors (Lipinski definition) is 1. The minimum absolute atomic E-state index is 0.321. The highest BCUT2D eigenvalue weighted by Crippen LogP contribution is 2.14. The molecular formula is C8H11IO. The van der Waals surface area contributed by atoms with Gasteiger partial charge >= 0.3 is 0 Å². The lowest BCUT2D eigenvalue weighted by Gasteiger charge is -2.17. The quantitative estimate of drug-likeness (QED) is 0.513. The molecule has 2 heteroatoms. The van der Waals surface area contributed by atoms with Gasteiger partial charge in [0.2, 0.25) is 0 Å². The fraction of sp³-hybridized carbons (Fsp3) is 0.500. The molecule has 0 bridgehead atoms. The summed E-state index contributed by atoms with van der Waals surface area (Å²) >= 11 is 2.22. The average molecular weight is 250 g/mol. The van der Waals surface area contributed by atoms with Gasteiger partial charge in [0.15, 0.2) is 0 Å². The van der Waals surface area contributed by atoms with Crippen molar-refractivity contribution in [1.82, 2.24) is 0 Å². The Morgan fingerprint density at radius 1 is 1.80 bits per heavy atom. The van der Waals surface area contributed by atoms with Crippen molar-refractivity contribution in [3.8, 4) is 0 Å². The standard InChI is InChI=1S/C8H11IO/c1-7-3-5-10-8(6-7)2-4-9/h2-4,8H,5-6H2,1H3. The fourth-order valence-electron chi connectivity index (χ4n) is 0.978. The van der Waals surface area contributed by atoms with Crippen LogP contribution < -0.4 is 0 Å². The second-order valence-electron chi connectivity index (χ2n) is 2.44. The molecule has 0 saturated heterocycles. The first kappa shape index (κ1) is 8.27. The summed E-state index contributed by atoms with van der Waals surface area (Å²) in [6, 6.07) is 0. The van der Waals surface area contributed by atoms with Crippen molar-refractivity contribution in [3.05, 3.63) is 21.8 Å². The van der Waals surface area contributed by atoms with Crippen molar-refractivity contribution in [2.24, 2.45) is 0 Å². The van der Waals surface area contributed by atoms with Crippen LogP contribution in [0, 0.1) is 0 Å². The van der Waals surface area contributed by atoms with E-state index in [0.29, 0.717) is 6.10 Å². The van der Waals surface area contributed by atoms with Gasteiger partial charge in [-0.25, -0.2) is 0 Å². The van der Waals surface area contributed by atoms with Gasteiger partial charge in [0, 0.05) is 0 Å². The van der Waals surface area contributed by atoms with Crippen LogP contribution in [0.1, 0.15) is 13.3 Å². The summed E-state index contributed by atoms with van der Waals surface area (Å²) in [5.41, 5.74) is 1.44. The second kappa shape index (κ2) is 4.13. The molecule has 10 heavy (non-hydrogen) atoms. The van der Waals surface area contributed by atoms with Crippen LogP contribution in [-0.4, -0.2) is 12.7 Å². The molecule has 1 heterocycles. The summed E-state index contributed by atoms with van der Waals surface area (Å²) < 4.78 is 7.44. The van der Waals surface area contributed by atoms with Gasteiger partial charge in [0.05, 0.1) is 12.7 Å². The SMILES string of the molecule is CC1=CCOC(C=CI)C1. The van der Waals surface area contributed by atoms with E-state index in [1.165, 1.54) is 5.57 Å². The molecule has 0 amide bonds. The third kappa shape index (κ3) is 2.42. The Hall–Kier alpha value is 0.170. The maximum absolute atomic E-state index is 5.42. The Kier molecular flexibility index (Phi) is 3.42. The minimum atomic E-state index is 0.321. The van der Waals surface area contributed by atoms with Crippen molar-refractivity contribution in [2.45, 2.75) is 19.4 Å². The van der Waals surface area contributed by atoms with Gasteiger partial charge in [-0.2, -0.15) is 0 Å². The molecule has 0 spiro atoms. The maximum atomic E-state index is 5.42. The van der Waals surface area contributed by atoms with E-state index in [0.717, 1.165) is 13.0 Å². The van der Waals surface area contributed by atoms with E-state index in [2.05, 4.69) is 41.7 Å². The van der Waals surface area contributed by atoms with Gasteiger partial charge in [-0.05, 0) is 23.5 Å². The van der Waals surface area contributed by atoms with Crippen molar-refractivity contribution < 1.29 is 4.74 Å². The first-order valence-corrected chi connectivity index (χ1v) is 4.61. The number of halogens is 1. The highest BCUT2D eigenvalue weighted by atomic mass is 127. The van der Waals surface area contributed by atoms with E-state index in [4.69, 9.17) is 4.74 Å². The lowest BCUT2D eigenvalue weighted by atomic mass is 10.1. The van der Waals surface area contributed by atoms with E-state index in [-0.39, 0.29) is 0 Å². The summed E-state index contributed by atoms with van der Waals surface area (Å²) in [6.45, 7) is 2.92. The Bertz CT molecular complexity index is 161. The normalized spacial score (nSPS) is 27.0. The molecule has 0 fully saturated rings. The predicted molar refractivity (Wildman–Crippen MR) is 51.3 cm³/mol. The zero-order chi connectivity index (χ0) is 7.40. The lowest BCUT2D eigenvalue weighted by molar-refractivity contribution is 0.0990. The monoisotopic (exact) mass is 250 g/mol. The summed E-state index contributed by atoms with van der Waals surface area (Å²) in [6.07, 6.45) is 5.61. The fourth-order valence-corrected chi connectivity index (χ4v) is 1.44. The average Bonchev–Trinajstić information content (AvgIpc) is 1.88. The van der Waals surface area contributed by atoms with Gasteiger partial charge in [0.1, 0.15) is 0 Å². The third-order valence-electron chi connectivity index (χ3n) is 1.55. The zero-order valence-corrected chi connectivity index (χ0v) is 8.17. The van der Waals surface area contributed by atoms with Crippen LogP contribution in [-0.2, 0) is 4.74 Å². The number of ether oxygens (including phenoxy) is 1. The molecule has 56 valence electrons. The third-order valence-corrected chi connectivity index (χ3v) is 1.97. The van der Waals surface area contributed by atoms with Crippen LogP contribution in [0.25, 0.3) is 0 Å². The predicted octanol–water partition coefficient (Wildman–Crippen LogP) is 2.67. The van der Waals surface area contributed by atoms with Gasteiger partial charge in [-0.3, -0.25) is 0 Å². The highest BCUT2D eigenvalue weighted by Gasteiger charge is 2.08. The van der Waals surface area contributed by atoms with Crippen LogP contribution >= 0.6 is 22.6 Å². The molecule has 1 atom stereocenters. The van der Waals surface area contributed by atoms with Crippen LogP contribution in [0.5, 0.6) is 0 Å². The number of hydrogen-bond donors (Lipinski definition) is 0. The zero-order valence-electron chi connectivity index (χ0n) is 6.01. The molecule has 1 rings (SSSR count). The largest absolute Gasteiger partial charge is 0.370 e. The van der Waals surface area contributed by atoms with Crippen molar-refractivity contribution in [2.75, 3.05) is 6.61 Å². The Morgan fingerprint density at radius 3 is 3.20 bits per heavy atom. The van der Waals surface area contributed by atoms with Crippen molar-refractivity contribution in [1.29, 1.82) is 0 Å². The van der Waals surface area contributed by atoms with E-state index in [9.17, 15) is 0 Å². The molecule has 0 aromatic carbocycles. The Morgan fingerprint density at radius 2 is 2.60 bits per heavy atom. The molecule has 1 nitrogen and oxygen atoms in total. The maximum Gasteiger partial charge on any atom is 0.0804 e. The summed E-state index contributed by atoms with van der Waals surface area (Å²) in [5.74, 6) is 0. The van der Waals surface area contributed by atoms with E-state index in [1.54, 1.807) is 0 Å². The smallest absolute Gasteiger partial charge is 0.0804 e. The van der Waals surface area contributed by atoms with Gasteiger partial charge < -0.3 is 4.74 Å². The molecule has 0 aliphatic carbocycles. The number of rotatable bonds is 1. The Labute approximate surface area is 75.3 Å². The van der Waals surface area contributed by atoms with Crippen LogP contribution in [0.3, 0.4) is 0 Å². The summed E-state index contributed by atoms with van der Waals surface area (Å²) in [4.78, 5) is 0. The van der Waals surface area contributed by atoms with Crippen LogP contribution in [0.2, 0.25) is 0 Å². The molecule has 0 radical (unpaired) electrons. The van der Waals surface area contributed by atoms with Crippen LogP contribution in [0.15, 0.2) is 21.8 Å². The van der Waals surface area contributed by atoms with Crippen molar-refractivity contribution >= 4 is 22.6 Å². The molecule has 0 N–H and O–H groups in total. The lowest BCUT2D eigenvalue weighted by Crippen LogP contribution is -2.14. The Balaban J connectivity index is 2.45. The minimum Gasteiger partial charge on any atom is -0.370 e. The molecule has 1 unspecified atom stereocenters. The highest BCUT2D eigenvalue weighted by molar-refractivity contribution is 14.1. The van der Waals surface area contributed by atoms with Gasteiger partial charge in [-0.15, -0.1) is 0 Å². The van der Waals surface area contributed by atoms with E-state index >= 15 is 0 Å². The molecule has 0 aromatic heterocycles. The summed E-state index contributed by atoms with van der Waals surface area (Å²) in [7, 11) is 0. The van der Waals surface area contributed by atoms with Crippen LogP contribution in [0.4, 0.5) is 0 Å². The first-order chi connectivity index (χ1) is 4.83. The molecule has 1 aliphatic heterocycles. The molecule has 0 saturated carbocycles. The molecular weight excluding hydrogens is 239 g/mol. The summed E-state index contributed by atoms with van der Waals surface area (Å²) in [5, 5.41) is 0.